The molecule has 0 aliphatic carbocycles. The third kappa shape index (κ3) is 4.77. The lowest BCUT2D eigenvalue weighted by Crippen LogP contribution is -2.25. The highest BCUT2D eigenvalue weighted by atomic mass is 16.6. The maximum absolute atomic E-state index is 10.8. The molecule has 0 aromatic heterocycles. The van der Waals surface area contributed by atoms with Crippen LogP contribution in [0, 0.1) is 0 Å². The second kappa shape index (κ2) is 6.66. The second-order valence-electron chi connectivity index (χ2n) is 4.27. The number of cyclic esters (lactones) is 1. The van der Waals surface area contributed by atoms with E-state index < -0.39 is 6.10 Å². The maximum Gasteiger partial charge on any atom is 0.306 e. The number of carbonyl (C=O) groups is 1. The van der Waals surface area contributed by atoms with Crippen molar-refractivity contribution in [2.24, 2.45) is 0 Å². The Hall–Kier alpha value is -0.870. The van der Waals surface area contributed by atoms with Gasteiger partial charge < -0.3 is 14.9 Å². The third-order valence-corrected chi connectivity index (χ3v) is 2.62. The van der Waals surface area contributed by atoms with Gasteiger partial charge in [-0.25, -0.2) is 0 Å². The third-order valence-electron chi connectivity index (χ3n) is 2.62. The van der Waals surface area contributed by atoms with Crippen molar-refractivity contribution in [3.05, 3.63) is 12.2 Å². The van der Waals surface area contributed by atoms with Crippen LogP contribution < -0.4 is 0 Å². The zero-order chi connectivity index (χ0) is 12.0. The van der Waals surface area contributed by atoms with E-state index in [9.17, 15) is 9.90 Å². The van der Waals surface area contributed by atoms with Gasteiger partial charge in [-0.1, -0.05) is 12.2 Å². The first-order chi connectivity index (χ1) is 7.59. The van der Waals surface area contributed by atoms with Gasteiger partial charge in [-0.3, -0.25) is 4.79 Å². The summed E-state index contributed by atoms with van der Waals surface area (Å²) >= 11 is 0. The highest BCUT2D eigenvalue weighted by molar-refractivity contribution is 5.71. The molecular formula is C12H20O4. The predicted octanol–water partition coefficient (Wildman–Crippen LogP) is 1.16. The van der Waals surface area contributed by atoms with E-state index in [1.54, 1.807) is 6.92 Å². The van der Waals surface area contributed by atoms with Crippen molar-refractivity contribution < 1.29 is 19.7 Å². The minimum atomic E-state index is -0.567. The fourth-order valence-corrected chi connectivity index (χ4v) is 1.68. The van der Waals surface area contributed by atoms with Crippen molar-refractivity contribution in [1.82, 2.24) is 0 Å². The normalized spacial score (nSPS) is 24.7. The molecule has 92 valence electrons. The Bertz CT molecular complexity index is 247. The van der Waals surface area contributed by atoms with Gasteiger partial charge in [-0.05, 0) is 32.6 Å². The standard InChI is InChI=1S/C12H20O4/c1-9(13)5-3-2-4-6-10(14)11-7-8-12(15)16-11/h2-3,9-11,13-14H,4-8H2,1H3/t9-,10+,11+/m1/s1. The van der Waals surface area contributed by atoms with Gasteiger partial charge in [-0.2, -0.15) is 0 Å². The van der Waals surface area contributed by atoms with Crippen LogP contribution in [-0.4, -0.2) is 34.5 Å². The lowest BCUT2D eigenvalue weighted by Gasteiger charge is -2.15. The number of aliphatic hydroxyl groups excluding tert-OH is 2. The Labute approximate surface area is 95.9 Å². The van der Waals surface area contributed by atoms with Crippen molar-refractivity contribution >= 4 is 5.97 Å². The van der Waals surface area contributed by atoms with Gasteiger partial charge in [0.1, 0.15) is 6.10 Å². The molecule has 0 saturated carbocycles. The number of esters is 1. The lowest BCUT2D eigenvalue weighted by molar-refractivity contribution is -0.145. The highest BCUT2D eigenvalue weighted by Gasteiger charge is 2.29. The largest absolute Gasteiger partial charge is 0.460 e. The summed E-state index contributed by atoms with van der Waals surface area (Å²) in [6, 6.07) is 0. The fourth-order valence-electron chi connectivity index (χ4n) is 1.68. The quantitative estimate of drug-likeness (QED) is 0.529. The Balaban J connectivity index is 2.13. The van der Waals surface area contributed by atoms with Gasteiger partial charge in [-0.15, -0.1) is 0 Å². The Kier molecular flexibility index (Phi) is 5.49. The molecule has 0 amide bonds. The molecule has 0 radical (unpaired) electrons. The monoisotopic (exact) mass is 228 g/mol. The summed E-state index contributed by atoms with van der Waals surface area (Å²) < 4.78 is 4.97. The molecule has 1 heterocycles. The first-order valence-electron chi connectivity index (χ1n) is 5.80. The van der Waals surface area contributed by atoms with E-state index in [0.717, 1.165) is 6.42 Å². The van der Waals surface area contributed by atoms with Crippen LogP contribution in [-0.2, 0) is 9.53 Å². The maximum atomic E-state index is 10.8. The van der Waals surface area contributed by atoms with E-state index in [1.165, 1.54) is 0 Å². The van der Waals surface area contributed by atoms with Crippen molar-refractivity contribution in [3.8, 4) is 0 Å². The molecule has 0 unspecified atom stereocenters. The molecule has 1 saturated heterocycles. The predicted molar refractivity (Wildman–Crippen MR) is 59.8 cm³/mol. The minimum Gasteiger partial charge on any atom is -0.460 e. The van der Waals surface area contributed by atoms with Crippen molar-refractivity contribution in [2.45, 2.75) is 57.3 Å². The van der Waals surface area contributed by atoms with Crippen molar-refractivity contribution in [1.29, 1.82) is 0 Å². The molecule has 0 aromatic rings. The summed E-state index contributed by atoms with van der Waals surface area (Å²) in [5.74, 6) is -0.214. The van der Waals surface area contributed by atoms with Crippen molar-refractivity contribution in [2.75, 3.05) is 0 Å². The summed E-state index contributed by atoms with van der Waals surface area (Å²) in [6.07, 6.45) is 5.63. The smallest absolute Gasteiger partial charge is 0.306 e. The van der Waals surface area contributed by atoms with Crippen LogP contribution in [0.4, 0.5) is 0 Å². The van der Waals surface area contributed by atoms with Gasteiger partial charge in [0.25, 0.3) is 0 Å². The van der Waals surface area contributed by atoms with Crippen molar-refractivity contribution in [3.63, 3.8) is 0 Å². The molecule has 2 N–H and O–H groups in total. The molecule has 4 nitrogen and oxygen atoms in total. The van der Waals surface area contributed by atoms with Gasteiger partial charge in [0.05, 0.1) is 12.2 Å². The molecule has 1 aliphatic rings. The molecule has 1 fully saturated rings. The van der Waals surface area contributed by atoms with Crippen LogP contribution in [0.15, 0.2) is 12.2 Å². The molecule has 16 heavy (non-hydrogen) atoms. The summed E-state index contributed by atoms with van der Waals surface area (Å²) in [5.41, 5.74) is 0. The van der Waals surface area contributed by atoms with E-state index in [2.05, 4.69) is 0 Å². The van der Waals surface area contributed by atoms with E-state index in [4.69, 9.17) is 9.84 Å². The molecule has 0 aromatic carbocycles. The van der Waals surface area contributed by atoms with E-state index >= 15 is 0 Å². The number of rotatable bonds is 6. The SMILES string of the molecule is C[C@@H](O)CC=CCC[C@H](O)[C@@H]1CCC(=O)O1. The summed E-state index contributed by atoms with van der Waals surface area (Å²) in [6.45, 7) is 1.73. The molecule has 4 heteroatoms. The highest BCUT2D eigenvalue weighted by Crippen LogP contribution is 2.19. The number of carbonyl (C=O) groups excluding carboxylic acids is 1. The number of hydrogen-bond acceptors (Lipinski definition) is 4. The van der Waals surface area contributed by atoms with Gasteiger partial charge in [0, 0.05) is 6.42 Å². The van der Waals surface area contributed by atoms with E-state index in [1.807, 2.05) is 12.2 Å². The topological polar surface area (TPSA) is 66.8 Å². The zero-order valence-corrected chi connectivity index (χ0v) is 9.63. The van der Waals surface area contributed by atoms with Gasteiger partial charge in [0.15, 0.2) is 0 Å². The molecule has 3 atom stereocenters. The van der Waals surface area contributed by atoms with Crippen LogP contribution in [0.3, 0.4) is 0 Å². The first kappa shape index (κ1) is 13.2. The fraction of sp³-hybridized carbons (Fsp3) is 0.750. The lowest BCUT2D eigenvalue weighted by atomic mass is 10.1. The van der Waals surface area contributed by atoms with Crippen LogP contribution in [0.2, 0.25) is 0 Å². The van der Waals surface area contributed by atoms with Crippen LogP contribution in [0.1, 0.15) is 39.0 Å². The van der Waals surface area contributed by atoms with E-state index in [0.29, 0.717) is 25.7 Å². The van der Waals surface area contributed by atoms with Crippen LogP contribution >= 0.6 is 0 Å². The zero-order valence-electron chi connectivity index (χ0n) is 9.63. The first-order valence-corrected chi connectivity index (χ1v) is 5.80. The van der Waals surface area contributed by atoms with E-state index in [-0.39, 0.29) is 18.2 Å². The number of allylic oxidation sites excluding steroid dienone is 1. The Morgan fingerprint density at radius 1 is 1.50 bits per heavy atom. The molecular weight excluding hydrogens is 208 g/mol. The Morgan fingerprint density at radius 2 is 2.25 bits per heavy atom. The second-order valence-corrected chi connectivity index (χ2v) is 4.27. The van der Waals surface area contributed by atoms with Gasteiger partial charge in [0.2, 0.25) is 0 Å². The molecule has 1 rings (SSSR count). The van der Waals surface area contributed by atoms with Gasteiger partial charge >= 0.3 is 5.97 Å². The summed E-state index contributed by atoms with van der Waals surface area (Å²) in [4.78, 5) is 10.8. The van der Waals surface area contributed by atoms with Crippen LogP contribution in [0.5, 0.6) is 0 Å². The number of ether oxygens (including phenoxy) is 1. The molecule has 0 spiro atoms. The number of hydrogen-bond donors (Lipinski definition) is 2. The summed E-state index contributed by atoms with van der Waals surface area (Å²) in [7, 11) is 0. The number of aliphatic hydroxyl groups is 2. The average Bonchev–Trinajstić information content (AvgIpc) is 2.63. The average molecular weight is 228 g/mol. The minimum absolute atomic E-state index is 0.214. The van der Waals surface area contributed by atoms with Crippen LogP contribution in [0.25, 0.3) is 0 Å². The Morgan fingerprint density at radius 3 is 2.81 bits per heavy atom. The molecule has 1 aliphatic heterocycles. The molecule has 0 bridgehead atoms. The summed E-state index contributed by atoms with van der Waals surface area (Å²) in [5, 5.41) is 18.7.